The standard InChI is InChI=1S/C14H16F3N3O/c1-13(2,3)11-6-9(8-21)7-12(18-11)20-5-4-10(19-20)14(15,16)17/h4-7,21H,8H2,1-3H3. The number of hydrogen-bond donors (Lipinski definition) is 1. The molecule has 1 N–H and O–H groups in total. The Hall–Kier alpha value is -1.89. The Labute approximate surface area is 120 Å². The molecule has 0 saturated carbocycles. The molecule has 2 aromatic rings. The molecule has 0 spiro atoms. The lowest BCUT2D eigenvalue weighted by Gasteiger charge is -2.19. The van der Waals surface area contributed by atoms with Crippen LogP contribution in [0.25, 0.3) is 5.82 Å². The van der Waals surface area contributed by atoms with Crippen molar-refractivity contribution in [1.82, 2.24) is 14.8 Å². The van der Waals surface area contributed by atoms with Gasteiger partial charge in [-0.1, -0.05) is 20.8 Å². The van der Waals surface area contributed by atoms with Crippen LogP contribution in [0, 0.1) is 0 Å². The van der Waals surface area contributed by atoms with Crippen LogP contribution in [-0.2, 0) is 18.2 Å². The zero-order chi connectivity index (χ0) is 15.8. The Bertz CT molecular complexity index is 642. The second kappa shape index (κ2) is 5.14. The molecule has 2 heterocycles. The van der Waals surface area contributed by atoms with E-state index in [1.165, 1.54) is 12.3 Å². The molecule has 0 aliphatic carbocycles. The molecule has 0 aromatic carbocycles. The average molecular weight is 299 g/mol. The fourth-order valence-electron chi connectivity index (χ4n) is 1.77. The van der Waals surface area contributed by atoms with Crippen molar-refractivity contribution in [2.24, 2.45) is 0 Å². The van der Waals surface area contributed by atoms with Gasteiger partial charge in [0, 0.05) is 17.3 Å². The highest BCUT2D eigenvalue weighted by Crippen LogP contribution is 2.28. The van der Waals surface area contributed by atoms with E-state index in [1.54, 1.807) is 6.07 Å². The lowest BCUT2D eigenvalue weighted by Crippen LogP contribution is -2.16. The van der Waals surface area contributed by atoms with E-state index in [0.717, 1.165) is 10.7 Å². The van der Waals surface area contributed by atoms with Crippen molar-refractivity contribution in [2.45, 2.75) is 39.0 Å². The van der Waals surface area contributed by atoms with Crippen LogP contribution in [0.2, 0.25) is 0 Å². The molecule has 0 saturated heterocycles. The van der Waals surface area contributed by atoms with Crippen LogP contribution < -0.4 is 0 Å². The van der Waals surface area contributed by atoms with E-state index in [4.69, 9.17) is 0 Å². The fourth-order valence-corrected chi connectivity index (χ4v) is 1.77. The summed E-state index contributed by atoms with van der Waals surface area (Å²) in [5, 5.41) is 12.8. The van der Waals surface area contributed by atoms with Gasteiger partial charge >= 0.3 is 6.18 Å². The summed E-state index contributed by atoms with van der Waals surface area (Å²) >= 11 is 0. The van der Waals surface area contributed by atoms with Gasteiger partial charge in [-0.15, -0.1) is 0 Å². The summed E-state index contributed by atoms with van der Waals surface area (Å²) in [6, 6.07) is 4.14. The molecule has 2 rings (SSSR count). The maximum Gasteiger partial charge on any atom is 0.435 e. The van der Waals surface area contributed by atoms with Crippen LogP contribution in [0.15, 0.2) is 24.4 Å². The van der Waals surface area contributed by atoms with Crippen molar-refractivity contribution in [2.75, 3.05) is 0 Å². The zero-order valence-corrected chi connectivity index (χ0v) is 11.9. The minimum atomic E-state index is -4.49. The second-order valence-corrected chi connectivity index (χ2v) is 5.77. The lowest BCUT2D eigenvalue weighted by atomic mass is 9.91. The van der Waals surface area contributed by atoms with Crippen molar-refractivity contribution < 1.29 is 18.3 Å². The van der Waals surface area contributed by atoms with Gasteiger partial charge in [0.2, 0.25) is 0 Å². The summed E-state index contributed by atoms with van der Waals surface area (Å²) in [7, 11) is 0. The number of aliphatic hydroxyl groups is 1. The minimum Gasteiger partial charge on any atom is -0.392 e. The Morgan fingerprint density at radius 1 is 1.14 bits per heavy atom. The van der Waals surface area contributed by atoms with Crippen LogP contribution in [-0.4, -0.2) is 19.9 Å². The zero-order valence-electron chi connectivity index (χ0n) is 11.9. The molecule has 0 fully saturated rings. The van der Waals surface area contributed by atoms with Crippen LogP contribution in [0.1, 0.15) is 37.7 Å². The highest BCUT2D eigenvalue weighted by molar-refractivity contribution is 5.33. The molecule has 0 radical (unpaired) electrons. The Kier molecular flexibility index (Phi) is 3.79. The highest BCUT2D eigenvalue weighted by Gasteiger charge is 2.33. The molecular weight excluding hydrogens is 283 g/mol. The first-order valence-electron chi connectivity index (χ1n) is 6.37. The van der Waals surface area contributed by atoms with E-state index in [1.807, 2.05) is 20.8 Å². The van der Waals surface area contributed by atoms with Gasteiger partial charge < -0.3 is 5.11 Å². The third-order valence-corrected chi connectivity index (χ3v) is 2.94. The predicted octanol–water partition coefficient (Wildman–Crippen LogP) is 3.08. The summed E-state index contributed by atoms with van der Waals surface area (Å²) in [5.41, 5.74) is -0.0157. The van der Waals surface area contributed by atoms with Crippen LogP contribution >= 0.6 is 0 Å². The van der Waals surface area contributed by atoms with Gasteiger partial charge in [-0.3, -0.25) is 0 Å². The van der Waals surface area contributed by atoms with E-state index in [0.29, 0.717) is 11.3 Å². The number of nitrogens with zero attached hydrogens (tertiary/aromatic N) is 3. The van der Waals surface area contributed by atoms with Crippen molar-refractivity contribution in [3.8, 4) is 5.82 Å². The third kappa shape index (κ3) is 3.41. The largest absolute Gasteiger partial charge is 0.435 e. The maximum absolute atomic E-state index is 12.6. The van der Waals surface area contributed by atoms with E-state index in [9.17, 15) is 18.3 Å². The number of pyridine rings is 1. The number of aromatic nitrogens is 3. The highest BCUT2D eigenvalue weighted by atomic mass is 19.4. The Morgan fingerprint density at radius 2 is 1.81 bits per heavy atom. The predicted molar refractivity (Wildman–Crippen MR) is 71.0 cm³/mol. The SMILES string of the molecule is CC(C)(C)c1cc(CO)cc(-n2ccc(C(F)(F)F)n2)n1. The van der Waals surface area contributed by atoms with Gasteiger partial charge in [0.05, 0.1) is 6.61 Å². The molecule has 2 aromatic heterocycles. The second-order valence-electron chi connectivity index (χ2n) is 5.77. The molecule has 4 nitrogen and oxygen atoms in total. The summed E-state index contributed by atoms with van der Waals surface area (Å²) in [6.07, 6.45) is -3.29. The third-order valence-electron chi connectivity index (χ3n) is 2.94. The van der Waals surface area contributed by atoms with Crippen LogP contribution in [0.4, 0.5) is 13.2 Å². The number of hydrogen-bond acceptors (Lipinski definition) is 3. The summed E-state index contributed by atoms with van der Waals surface area (Å²) in [4.78, 5) is 4.34. The first-order valence-corrected chi connectivity index (χ1v) is 6.37. The Morgan fingerprint density at radius 3 is 2.29 bits per heavy atom. The minimum absolute atomic E-state index is 0.216. The monoisotopic (exact) mass is 299 g/mol. The molecule has 0 bridgehead atoms. The quantitative estimate of drug-likeness (QED) is 0.927. The van der Waals surface area contributed by atoms with E-state index in [2.05, 4.69) is 10.1 Å². The molecule has 114 valence electrons. The van der Waals surface area contributed by atoms with Crippen molar-refractivity contribution >= 4 is 0 Å². The van der Waals surface area contributed by atoms with Gasteiger partial charge in [0.25, 0.3) is 0 Å². The number of rotatable bonds is 2. The molecule has 0 aliphatic rings. The van der Waals surface area contributed by atoms with Gasteiger partial charge in [-0.05, 0) is 23.8 Å². The van der Waals surface area contributed by atoms with E-state index in [-0.39, 0.29) is 17.8 Å². The van der Waals surface area contributed by atoms with Crippen LogP contribution in [0.5, 0.6) is 0 Å². The molecule has 0 atom stereocenters. The van der Waals surface area contributed by atoms with Gasteiger partial charge in [0.15, 0.2) is 11.5 Å². The van der Waals surface area contributed by atoms with Gasteiger partial charge in [-0.25, -0.2) is 9.67 Å². The number of aliphatic hydroxyl groups excluding tert-OH is 1. The number of alkyl halides is 3. The first kappa shape index (κ1) is 15.5. The van der Waals surface area contributed by atoms with Crippen molar-refractivity contribution in [3.63, 3.8) is 0 Å². The van der Waals surface area contributed by atoms with Crippen LogP contribution in [0.3, 0.4) is 0 Å². The first-order chi connectivity index (χ1) is 9.61. The van der Waals surface area contributed by atoms with E-state index >= 15 is 0 Å². The molecule has 7 heteroatoms. The van der Waals surface area contributed by atoms with Crippen molar-refractivity contribution in [1.29, 1.82) is 0 Å². The van der Waals surface area contributed by atoms with Crippen molar-refractivity contribution in [3.05, 3.63) is 41.3 Å². The topological polar surface area (TPSA) is 50.9 Å². The smallest absolute Gasteiger partial charge is 0.392 e. The van der Waals surface area contributed by atoms with Gasteiger partial charge in [0.1, 0.15) is 0 Å². The summed E-state index contributed by atoms with van der Waals surface area (Å²) in [6.45, 7) is 5.59. The van der Waals surface area contributed by atoms with E-state index < -0.39 is 11.9 Å². The fraction of sp³-hybridized carbons (Fsp3) is 0.429. The molecule has 0 aliphatic heterocycles. The molecule has 21 heavy (non-hydrogen) atoms. The summed E-state index contributed by atoms with van der Waals surface area (Å²) in [5.74, 6) is 0.252. The molecule has 0 amide bonds. The average Bonchev–Trinajstić information content (AvgIpc) is 2.86. The number of halogens is 3. The molecule has 0 unspecified atom stereocenters. The summed E-state index contributed by atoms with van der Waals surface area (Å²) < 4.78 is 38.9. The lowest BCUT2D eigenvalue weighted by molar-refractivity contribution is -0.141. The Balaban J connectivity index is 2.51. The molecular formula is C14H16F3N3O. The maximum atomic E-state index is 12.6. The van der Waals surface area contributed by atoms with Gasteiger partial charge in [-0.2, -0.15) is 18.3 Å². The normalized spacial score (nSPS) is 12.7.